The van der Waals surface area contributed by atoms with Gasteiger partial charge in [-0.05, 0) is 12.1 Å². The first-order valence-corrected chi connectivity index (χ1v) is 4.23. The highest BCUT2D eigenvalue weighted by Crippen LogP contribution is 2.24. The third kappa shape index (κ3) is 2.07. The number of benzene rings is 1. The highest BCUT2D eigenvalue weighted by Gasteiger charge is 2.11. The van der Waals surface area contributed by atoms with Crippen LogP contribution in [0.1, 0.15) is 10.4 Å². The van der Waals surface area contributed by atoms with Crippen molar-refractivity contribution >= 4 is 27.6 Å². The summed E-state index contributed by atoms with van der Waals surface area (Å²) in [6.07, 6.45) is 0. The van der Waals surface area contributed by atoms with Crippen LogP contribution in [0.15, 0.2) is 22.7 Å². The zero-order valence-corrected chi connectivity index (χ0v) is 8.46. The summed E-state index contributed by atoms with van der Waals surface area (Å²) in [5.74, 6) is -0.488. The molecule has 66 valence electrons. The van der Waals surface area contributed by atoms with Crippen molar-refractivity contribution in [1.29, 1.82) is 0 Å². The molecule has 4 heteroatoms. The van der Waals surface area contributed by atoms with E-state index in [-0.39, 0.29) is 0 Å². The molecule has 0 spiro atoms. The zero-order chi connectivity index (χ0) is 9.84. The van der Waals surface area contributed by atoms with Crippen molar-refractivity contribution < 1.29 is 9.53 Å². The van der Waals surface area contributed by atoms with Crippen LogP contribution in [-0.2, 0) is 4.74 Å². The Morgan fingerprint density at radius 1 is 1.62 bits per heavy atom. The highest BCUT2D eigenvalue weighted by atomic mass is 79.9. The molecule has 0 aliphatic rings. The molecule has 0 saturated carbocycles. The van der Waals surface area contributed by atoms with Crippen molar-refractivity contribution in [3.05, 3.63) is 39.7 Å². The number of carbonyl (C=O) groups excluding carboxylic acids is 1. The molecule has 0 fully saturated rings. The van der Waals surface area contributed by atoms with E-state index in [0.717, 1.165) is 4.47 Å². The summed E-state index contributed by atoms with van der Waals surface area (Å²) in [5, 5.41) is 0. The number of nitrogens with zero attached hydrogens (tertiary/aromatic N) is 1. The van der Waals surface area contributed by atoms with Crippen LogP contribution in [0.2, 0.25) is 0 Å². The lowest BCUT2D eigenvalue weighted by Crippen LogP contribution is -2.00. The van der Waals surface area contributed by atoms with E-state index in [1.165, 1.54) is 7.11 Å². The molecule has 1 aromatic carbocycles. The van der Waals surface area contributed by atoms with Gasteiger partial charge in [-0.2, -0.15) is 0 Å². The molecule has 0 amide bonds. The third-order valence-corrected chi connectivity index (χ3v) is 1.98. The minimum Gasteiger partial charge on any atom is -0.466 e. The molecule has 0 aliphatic carbocycles. The summed E-state index contributed by atoms with van der Waals surface area (Å²) >= 11 is 3.21. The van der Waals surface area contributed by atoms with Gasteiger partial charge in [-0.1, -0.05) is 22.0 Å². The van der Waals surface area contributed by atoms with Crippen molar-refractivity contribution in [2.75, 3.05) is 7.11 Å². The quantitative estimate of drug-likeness (QED) is 0.558. The van der Waals surface area contributed by atoms with Crippen LogP contribution in [0.4, 0.5) is 5.69 Å². The molecule has 13 heavy (non-hydrogen) atoms. The Labute approximate surface area is 84.3 Å². The third-order valence-electron chi connectivity index (χ3n) is 1.49. The second-order valence-electron chi connectivity index (χ2n) is 2.26. The summed E-state index contributed by atoms with van der Waals surface area (Å²) in [4.78, 5) is 14.3. The molecular weight excluding hydrogens is 234 g/mol. The van der Waals surface area contributed by atoms with Gasteiger partial charge in [-0.15, -0.1) is 0 Å². The summed E-state index contributed by atoms with van der Waals surface area (Å²) in [5.41, 5.74) is 0.585. The normalized spacial score (nSPS) is 9.00. The van der Waals surface area contributed by atoms with Crippen molar-refractivity contribution in [2.45, 2.75) is 0 Å². The van der Waals surface area contributed by atoms with Crippen LogP contribution in [0.25, 0.3) is 4.85 Å². The number of esters is 1. The SMILES string of the molecule is [C-]#[N+]c1cc(Br)ccc1C(=O)OC. The number of ether oxygens (including phenoxy) is 1. The molecule has 0 bridgehead atoms. The zero-order valence-electron chi connectivity index (χ0n) is 6.87. The topological polar surface area (TPSA) is 30.7 Å². The first kappa shape index (κ1) is 9.75. The standard InChI is InChI=1S/C9H6BrNO2/c1-11-8-5-6(10)3-4-7(8)9(12)13-2/h3-5H,2H3. The van der Waals surface area contributed by atoms with Crippen LogP contribution in [0, 0.1) is 6.57 Å². The molecule has 0 atom stereocenters. The van der Waals surface area contributed by atoms with Gasteiger partial charge in [-0.3, -0.25) is 0 Å². The molecule has 0 heterocycles. The van der Waals surface area contributed by atoms with Crippen LogP contribution < -0.4 is 0 Å². The van der Waals surface area contributed by atoms with Gasteiger partial charge in [0.25, 0.3) is 0 Å². The Morgan fingerprint density at radius 2 is 2.31 bits per heavy atom. The van der Waals surface area contributed by atoms with E-state index in [1.807, 2.05) is 0 Å². The fourth-order valence-electron chi connectivity index (χ4n) is 0.880. The van der Waals surface area contributed by atoms with Crippen LogP contribution in [-0.4, -0.2) is 13.1 Å². The van der Waals surface area contributed by atoms with E-state index < -0.39 is 5.97 Å². The van der Waals surface area contributed by atoms with E-state index in [1.54, 1.807) is 18.2 Å². The molecule has 0 N–H and O–H groups in total. The molecule has 1 aromatic rings. The number of carbonyl (C=O) groups is 1. The lowest BCUT2D eigenvalue weighted by Gasteiger charge is -2.01. The largest absolute Gasteiger partial charge is 0.466 e. The Bertz CT molecular complexity index is 382. The van der Waals surface area contributed by atoms with E-state index in [4.69, 9.17) is 6.57 Å². The molecule has 1 rings (SSSR count). The Kier molecular flexibility index (Phi) is 3.04. The Morgan fingerprint density at radius 3 is 2.85 bits per heavy atom. The summed E-state index contributed by atoms with van der Waals surface area (Å²) in [6.45, 7) is 6.85. The number of methoxy groups -OCH3 is 1. The molecule has 0 saturated heterocycles. The average Bonchev–Trinajstić information content (AvgIpc) is 2.16. The fraction of sp³-hybridized carbons (Fsp3) is 0.111. The molecule has 0 unspecified atom stereocenters. The number of rotatable bonds is 1. The van der Waals surface area contributed by atoms with Gasteiger partial charge in [0, 0.05) is 4.47 Å². The lowest BCUT2D eigenvalue weighted by atomic mass is 10.2. The first-order valence-electron chi connectivity index (χ1n) is 3.44. The van der Waals surface area contributed by atoms with Gasteiger partial charge in [0.2, 0.25) is 5.69 Å². The Balaban J connectivity index is 3.23. The van der Waals surface area contributed by atoms with Gasteiger partial charge in [0.1, 0.15) is 0 Å². The lowest BCUT2D eigenvalue weighted by molar-refractivity contribution is 0.0602. The van der Waals surface area contributed by atoms with Gasteiger partial charge in [-0.25, -0.2) is 9.64 Å². The van der Waals surface area contributed by atoms with Gasteiger partial charge in [0.05, 0.1) is 19.2 Å². The van der Waals surface area contributed by atoms with Gasteiger partial charge >= 0.3 is 5.97 Å². The summed E-state index contributed by atoms with van der Waals surface area (Å²) in [7, 11) is 1.29. The first-order chi connectivity index (χ1) is 6.19. The summed E-state index contributed by atoms with van der Waals surface area (Å²) in [6, 6.07) is 4.84. The molecule has 0 aliphatic heterocycles. The minimum atomic E-state index is -0.488. The number of hydrogen-bond donors (Lipinski definition) is 0. The molecule has 0 radical (unpaired) electrons. The van der Waals surface area contributed by atoms with Crippen molar-refractivity contribution in [2.24, 2.45) is 0 Å². The van der Waals surface area contributed by atoms with Crippen LogP contribution in [0.3, 0.4) is 0 Å². The average molecular weight is 240 g/mol. The fourth-order valence-corrected chi connectivity index (χ4v) is 1.23. The Hall–Kier alpha value is -1.34. The highest BCUT2D eigenvalue weighted by molar-refractivity contribution is 9.10. The maximum absolute atomic E-state index is 11.1. The van der Waals surface area contributed by atoms with Crippen molar-refractivity contribution in [1.82, 2.24) is 0 Å². The maximum atomic E-state index is 11.1. The maximum Gasteiger partial charge on any atom is 0.327 e. The van der Waals surface area contributed by atoms with Gasteiger partial charge in [0.15, 0.2) is 0 Å². The van der Waals surface area contributed by atoms with Gasteiger partial charge < -0.3 is 4.74 Å². The van der Waals surface area contributed by atoms with E-state index >= 15 is 0 Å². The second kappa shape index (κ2) is 4.06. The second-order valence-corrected chi connectivity index (χ2v) is 3.18. The van der Waals surface area contributed by atoms with Crippen LogP contribution >= 0.6 is 15.9 Å². The smallest absolute Gasteiger partial charge is 0.327 e. The molecule has 0 aromatic heterocycles. The molecular formula is C9H6BrNO2. The van der Waals surface area contributed by atoms with Crippen molar-refractivity contribution in [3.8, 4) is 0 Å². The number of hydrogen-bond acceptors (Lipinski definition) is 2. The van der Waals surface area contributed by atoms with E-state index in [9.17, 15) is 4.79 Å². The predicted octanol–water partition coefficient (Wildman–Crippen LogP) is 2.79. The van der Waals surface area contributed by atoms with Crippen molar-refractivity contribution in [3.63, 3.8) is 0 Å². The van der Waals surface area contributed by atoms with E-state index in [0.29, 0.717) is 11.3 Å². The van der Waals surface area contributed by atoms with Crippen LogP contribution in [0.5, 0.6) is 0 Å². The monoisotopic (exact) mass is 239 g/mol. The van der Waals surface area contributed by atoms with E-state index in [2.05, 4.69) is 25.5 Å². The minimum absolute atomic E-state index is 0.292. The predicted molar refractivity (Wildman–Crippen MR) is 51.7 cm³/mol. The summed E-state index contributed by atoms with van der Waals surface area (Å²) < 4.78 is 5.29. The number of halogens is 1. The molecule has 3 nitrogen and oxygen atoms in total.